The number of hydrogen-bond acceptors (Lipinski definition) is 2. The summed E-state index contributed by atoms with van der Waals surface area (Å²) in [6.07, 6.45) is 0. The average molecular weight is 516 g/mol. The maximum atomic E-state index is 6.59. The zero-order chi connectivity index (χ0) is 25.5. The molecule has 0 amide bonds. The lowest BCUT2D eigenvalue weighted by Crippen LogP contribution is -1.92. The van der Waals surface area contributed by atoms with E-state index in [1.54, 1.807) is 0 Å². The van der Waals surface area contributed by atoms with Gasteiger partial charge in [-0.2, -0.15) is 0 Å². The van der Waals surface area contributed by atoms with Crippen LogP contribution in [0.2, 0.25) is 0 Å². The Morgan fingerprint density at radius 1 is 0.513 bits per heavy atom. The summed E-state index contributed by atoms with van der Waals surface area (Å²) in [5.41, 5.74) is 7.64. The standard InChI is InChI=1S/C36H21NOS/c1-2-10-26(11-3-1)37-31-13-7-6-12-28(31)36-35(37)29-17-15-24(19-32(29)38-36)25-14-16-27-30-18-22-8-4-5-9-23(22)20-34(30)39-33(27)21-25/h1-21H. The summed E-state index contributed by atoms with van der Waals surface area (Å²) in [7, 11) is 0. The third-order valence-electron chi connectivity index (χ3n) is 7.96. The summed E-state index contributed by atoms with van der Waals surface area (Å²) < 4.78 is 11.6. The van der Waals surface area contributed by atoms with Gasteiger partial charge in [-0.1, -0.05) is 72.8 Å². The van der Waals surface area contributed by atoms with Crippen LogP contribution in [0, 0.1) is 0 Å². The molecule has 3 heteroatoms. The molecule has 0 radical (unpaired) electrons. The van der Waals surface area contributed by atoms with Crippen molar-refractivity contribution in [3.63, 3.8) is 0 Å². The molecule has 3 heterocycles. The molecule has 9 rings (SSSR count). The van der Waals surface area contributed by atoms with Crippen LogP contribution in [0.15, 0.2) is 132 Å². The van der Waals surface area contributed by atoms with Crippen LogP contribution in [0.4, 0.5) is 0 Å². The highest BCUT2D eigenvalue weighted by Crippen LogP contribution is 2.42. The number of aromatic nitrogens is 1. The minimum atomic E-state index is 0.913. The van der Waals surface area contributed by atoms with Crippen LogP contribution in [-0.4, -0.2) is 4.57 Å². The van der Waals surface area contributed by atoms with Crippen molar-refractivity contribution in [1.82, 2.24) is 4.57 Å². The highest BCUT2D eigenvalue weighted by molar-refractivity contribution is 7.25. The maximum absolute atomic E-state index is 6.59. The number of hydrogen-bond donors (Lipinski definition) is 0. The second kappa shape index (κ2) is 7.83. The SMILES string of the molecule is c1ccc(-n2c3ccccc3c3oc4cc(-c5ccc6c(c5)sc5cc7ccccc7cc56)ccc4c32)cc1. The quantitative estimate of drug-likeness (QED) is 0.224. The van der Waals surface area contributed by atoms with Gasteiger partial charge in [-0.25, -0.2) is 0 Å². The van der Waals surface area contributed by atoms with Crippen molar-refractivity contribution in [3.05, 3.63) is 127 Å². The number of furan rings is 1. The van der Waals surface area contributed by atoms with Gasteiger partial charge in [-0.15, -0.1) is 11.3 Å². The Labute approximate surface area is 227 Å². The Morgan fingerprint density at radius 2 is 1.21 bits per heavy atom. The lowest BCUT2D eigenvalue weighted by Gasteiger charge is -2.07. The minimum Gasteiger partial charge on any atom is -0.454 e. The van der Waals surface area contributed by atoms with E-state index >= 15 is 0 Å². The van der Waals surface area contributed by atoms with Crippen molar-refractivity contribution in [2.45, 2.75) is 0 Å². The lowest BCUT2D eigenvalue weighted by atomic mass is 10.0. The van der Waals surface area contributed by atoms with Crippen molar-refractivity contribution in [1.29, 1.82) is 0 Å². The molecule has 3 aromatic heterocycles. The first kappa shape index (κ1) is 21.1. The molecule has 0 bridgehead atoms. The number of fused-ring (bicyclic) bond motifs is 9. The van der Waals surface area contributed by atoms with E-state index in [1.807, 2.05) is 11.3 Å². The zero-order valence-corrected chi connectivity index (χ0v) is 21.7. The van der Waals surface area contributed by atoms with Gasteiger partial charge in [0.2, 0.25) is 0 Å². The smallest absolute Gasteiger partial charge is 0.161 e. The molecular formula is C36H21NOS. The largest absolute Gasteiger partial charge is 0.454 e. The molecule has 2 nitrogen and oxygen atoms in total. The van der Waals surface area contributed by atoms with Gasteiger partial charge >= 0.3 is 0 Å². The summed E-state index contributed by atoms with van der Waals surface area (Å²) >= 11 is 1.87. The molecule has 0 saturated heterocycles. The Balaban J connectivity index is 1.24. The zero-order valence-electron chi connectivity index (χ0n) is 20.9. The van der Waals surface area contributed by atoms with Gasteiger partial charge in [-0.3, -0.25) is 0 Å². The van der Waals surface area contributed by atoms with Gasteiger partial charge in [0.25, 0.3) is 0 Å². The van der Waals surface area contributed by atoms with E-state index in [-0.39, 0.29) is 0 Å². The van der Waals surface area contributed by atoms with Crippen LogP contribution >= 0.6 is 11.3 Å². The molecular weight excluding hydrogens is 494 g/mol. The average Bonchev–Trinajstić information content (AvgIpc) is 3.64. The third kappa shape index (κ3) is 3.02. The van der Waals surface area contributed by atoms with E-state index in [0.29, 0.717) is 0 Å². The number of benzene rings is 6. The topological polar surface area (TPSA) is 18.1 Å². The van der Waals surface area contributed by atoms with Gasteiger partial charge in [-0.05, 0) is 76.5 Å². The Hall–Kier alpha value is -4.86. The fourth-order valence-corrected chi connectivity index (χ4v) is 7.31. The molecule has 6 aromatic carbocycles. The Morgan fingerprint density at radius 3 is 2.08 bits per heavy atom. The third-order valence-corrected chi connectivity index (χ3v) is 9.08. The number of para-hydroxylation sites is 2. The molecule has 9 aromatic rings. The van der Waals surface area contributed by atoms with Gasteiger partial charge < -0.3 is 8.98 Å². The van der Waals surface area contributed by atoms with E-state index in [1.165, 1.54) is 42.1 Å². The van der Waals surface area contributed by atoms with E-state index in [4.69, 9.17) is 4.42 Å². The van der Waals surface area contributed by atoms with Crippen LogP contribution in [0.25, 0.3) is 80.7 Å². The number of thiophene rings is 1. The highest BCUT2D eigenvalue weighted by Gasteiger charge is 2.19. The van der Waals surface area contributed by atoms with Crippen LogP contribution in [0.5, 0.6) is 0 Å². The molecule has 0 aliphatic rings. The van der Waals surface area contributed by atoms with Crippen molar-refractivity contribution in [2.24, 2.45) is 0 Å². The fraction of sp³-hybridized carbons (Fsp3) is 0. The first-order chi connectivity index (χ1) is 19.3. The normalized spacial score (nSPS) is 12.1. The molecule has 182 valence electrons. The summed E-state index contributed by atoms with van der Waals surface area (Å²) in [6, 6.07) is 45.8. The highest BCUT2D eigenvalue weighted by atomic mass is 32.1. The first-order valence-electron chi connectivity index (χ1n) is 13.2. The van der Waals surface area contributed by atoms with Crippen molar-refractivity contribution in [2.75, 3.05) is 0 Å². The Bertz CT molecular complexity index is 2390. The predicted molar refractivity (Wildman–Crippen MR) is 166 cm³/mol. The van der Waals surface area contributed by atoms with Gasteiger partial charge in [0.1, 0.15) is 11.1 Å². The summed E-state index contributed by atoms with van der Waals surface area (Å²) in [6.45, 7) is 0. The van der Waals surface area contributed by atoms with Crippen LogP contribution in [0.1, 0.15) is 0 Å². The van der Waals surface area contributed by atoms with Gasteiger partial charge in [0.15, 0.2) is 5.58 Å². The molecule has 0 aliphatic heterocycles. The van der Waals surface area contributed by atoms with Crippen molar-refractivity contribution < 1.29 is 4.42 Å². The summed E-state index contributed by atoms with van der Waals surface area (Å²) in [4.78, 5) is 0. The monoisotopic (exact) mass is 515 g/mol. The predicted octanol–water partition coefficient (Wildman–Crippen LogP) is 10.7. The molecule has 0 fully saturated rings. The second-order valence-electron chi connectivity index (χ2n) is 10.2. The second-order valence-corrected chi connectivity index (χ2v) is 11.3. The van der Waals surface area contributed by atoms with Gasteiger partial charge in [0, 0.05) is 36.6 Å². The first-order valence-corrected chi connectivity index (χ1v) is 14.0. The van der Waals surface area contributed by atoms with Crippen LogP contribution in [-0.2, 0) is 0 Å². The molecule has 0 atom stereocenters. The van der Waals surface area contributed by atoms with Crippen molar-refractivity contribution in [3.8, 4) is 16.8 Å². The summed E-state index contributed by atoms with van der Waals surface area (Å²) in [5, 5.41) is 7.49. The molecule has 0 aliphatic carbocycles. The van der Waals surface area contributed by atoms with E-state index in [9.17, 15) is 0 Å². The van der Waals surface area contributed by atoms with Crippen LogP contribution in [0.3, 0.4) is 0 Å². The minimum absolute atomic E-state index is 0.913. The molecule has 39 heavy (non-hydrogen) atoms. The van der Waals surface area contributed by atoms with Gasteiger partial charge in [0.05, 0.1) is 5.52 Å². The fourth-order valence-electron chi connectivity index (χ4n) is 6.14. The maximum Gasteiger partial charge on any atom is 0.161 e. The number of rotatable bonds is 2. The molecule has 0 N–H and O–H groups in total. The molecule has 0 unspecified atom stereocenters. The summed E-state index contributed by atoms with van der Waals surface area (Å²) in [5.74, 6) is 0. The Kier molecular flexibility index (Phi) is 4.24. The molecule has 0 saturated carbocycles. The number of nitrogens with zero attached hydrogens (tertiary/aromatic N) is 1. The lowest BCUT2D eigenvalue weighted by molar-refractivity contribution is 0.673. The molecule has 0 spiro atoms. The van der Waals surface area contributed by atoms with Crippen molar-refractivity contribution >= 4 is 75.3 Å². The van der Waals surface area contributed by atoms with E-state index in [0.717, 1.165) is 38.7 Å². The van der Waals surface area contributed by atoms with E-state index < -0.39 is 0 Å². The van der Waals surface area contributed by atoms with Crippen LogP contribution < -0.4 is 0 Å². The van der Waals surface area contributed by atoms with E-state index in [2.05, 4.69) is 132 Å².